The van der Waals surface area contributed by atoms with Crippen LogP contribution in [0.4, 0.5) is 0 Å². The molecule has 104 valence electrons. The number of piperazine rings is 1. The van der Waals surface area contributed by atoms with Gasteiger partial charge in [-0.15, -0.1) is 0 Å². The highest BCUT2D eigenvalue weighted by Crippen LogP contribution is 2.24. The highest BCUT2D eigenvalue weighted by Gasteiger charge is 2.23. The summed E-state index contributed by atoms with van der Waals surface area (Å²) in [6.45, 7) is 4.11. The second kappa shape index (κ2) is 6.48. The molecule has 20 heavy (non-hydrogen) atoms. The van der Waals surface area contributed by atoms with Crippen molar-refractivity contribution in [3.8, 4) is 0 Å². The Labute approximate surface area is 128 Å². The van der Waals surface area contributed by atoms with Crippen molar-refractivity contribution >= 4 is 15.9 Å². The molecule has 3 rings (SSSR count). The molecule has 1 atom stereocenters. The molecule has 0 spiro atoms. The van der Waals surface area contributed by atoms with Crippen LogP contribution in [0.25, 0.3) is 0 Å². The van der Waals surface area contributed by atoms with Gasteiger partial charge in [0, 0.05) is 49.1 Å². The fourth-order valence-corrected chi connectivity index (χ4v) is 2.94. The van der Waals surface area contributed by atoms with Crippen LogP contribution in [0.2, 0.25) is 0 Å². The Morgan fingerprint density at radius 1 is 1.15 bits per heavy atom. The number of halogens is 1. The number of pyridine rings is 1. The molecule has 2 heterocycles. The van der Waals surface area contributed by atoms with Crippen molar-refractivity contribution in [1.82, 2.24) is 15.2 Å². The summed E-state index contributed by atoms with van der Waals surface area (Å²) >= 11 is 3.49. The predicted octanol–water partition coefficient (Wildman–Crippen LogP) is 2.99. The topological polar surface area (TPSA) is 28.2 Å². The number of nitrogens with zero attached hydrogens (tertiary/aromatic N) is 2. The molecule has 1 unspecified atom stereocenters. The fourth-order valence-electron chi connectivity index (χ4n) is 2.67. The molecule has 1 N–H and O–H groups in total. The lowest BCUT2D eigenvalue weighted by atomic mass is 10.0. The smallest absolute Gasteiger partial charge is 0.0477 e. The lowest BCUT2D eigenvalue weighted by Gasteiger charge is -2.36. The zero-order valence-corrected chi connectivity index (χ0v) is 12.9. The molecule has 0 radical (unpaired) electrons. The molecule has 0 aliphatic carbocycles. The van der Waals surface area contributed by atoms with Gasteiger partial charge in [0.1, 0.15) is 0 Å². The first-order valence-electron chi connectivity index (χ1n) is 6.92. The summed E-state index contributed by atoms with van der Waals surface area (Å²) in [7, 11) is 0. The minimum absolute atomic E-state index is 0.426. The maximum atomic E-state index is 4.11. The van der Waals surface area contributed by atoms with E-state index < -0.39 is 0 Å². The first kappa shape index (κ1) is 13.7. The van der Waals surface area contributed by atoms with Gasteiger partial charge in [-0.3, -0.25) is 9.88 Å². The van der Waals surface area contributed by atoms with Crippen molar-refractivity contribution in [2.75, 3.05) is 19.6 Å². The summed E-state index contributed by atoms with van der Waals surface area (Å²) in [5.74, 6) is 0. The minimum atomic E-state index is 0.426. The average Bonchev–Trinajstić information content (AvgIpc) is 2.51. The maximum Gasteiger partial charge on any atom is 0.0477 e. The maximum absolute atomic E-state index is 4.11. The van der Waals surface area contributed by atoms with E-state index in [9.17, 15) is 0 Å². The molecule has 1 saturated heterocycles. The largest absolute Gasteiger partial charge is 0.314 e. The number of hydrogen-bond acceptors (Lipinski definition) is 3. The van der Waals surface area contributed by atoms with Crippen LogP contribution >= 0.6 is 15.9 Å². The van der Waals surface area contributed by atoms with Gasteiger partial charge in [-0.05, 0) is 35.4 Å². The van der Waals surface area contributed by atoms with E-state index in [0.717, 1.165) is 30.7 Å². The summed E-state index contributed by atoms with van der Waals surface area (Å²) in [4.78, 5) is 6.65. The van der Waals surface area contributed by atoms with Crippen LogP contribution in [0.3, 0.4) is 0 Å². The lowest BCUT2D eigenvalue weighted by molar-refractivity contribution is 0.153. The van der Waals surface area contributed by atoms with E-state index in [1.807, 2.05) is 12.4 Å². The van der Waals surface area contributed by atoms with Gasteiger partial charge in [0.05, 0.1) is 0 Å². The summed E-state index contributed by atoms with van der Waals surface area (Å²) in [6, 6.07) is 13.3. The van der Waals surface area contributed by atoms with Crippen molar-refractivity contribution in [3.05, 3.63) is 64.4 Å². The second-order valence-electron chi connectivity index (χ2n) is 5.10. The zero-order valence-electron chi connectivity index (χ0n) is 11.3. The molecule has 0 bridgehead atoms. The third-order valence-corrected chi connectivity index (χ3v) is 4.27. The van der Waals surface area contributed by atoms with Gasteiger partial charge < -0.3 is 5.32 Å². The van der Waals surface area contributed by atoms with Gasteiger partial charge in [0.25, 0.3) is 0 Å². The SMILES string of the molecule is Brc1ccc(CN2CCNCC2c2ccncc2)cc1. The molecule has 1 aliphatic rings. The number of benzene rings is 1. The Morgan fingerprint density at radius 3 is 2.65 bits per heavy atom. The first-order valence-corrected chi connectivity index (χ1v) is 7.71. The Bertz CT molecular complexity index is 541. The van der Waals surface area contributed by atoms with E-state index in [4.69, 9.17) is 0 Å². The van der Waals surface area contributed by atoms with Crippen LogP contribution in [0, 0.1) is 0 Å². The lowest BCUT2D eigenvalue weighted by Crippen LogP contribution is -2.45. The molecular weight excluding hydrogens is 314 g/mol. The van der Waals surface area contributed by atoms with E-state index in [1.54, 1.807) is 0 Å². The molecular formula is C16H18BrN3. The first-order chi connectivity index (χ1) is 9.83. The Balaban J connectivity index is 1.77. The quantitative estimate of drug-likeness (QED) is 0.937. The van der Waals surface area contributed by atoms with Crippen LogP contribution in [-0.4, -0.2) is 29.5 Å². The standard InChI is InChI=1S/C16H18BrN3/c17-15-3-1-13(2-4-15)12-20-10-9-19-11-16(20)14-5-7-18-8-6-14/h1-8,16,19H,9-12H2. The Morgan fingerprint density at radius 2 is 1.90 bits per heavy atom. The van der Waals surface area contributed by atoms with Crippen LogP contribution in [-0.2, 0) is 6.54 Å². The second-order valence-corrected chi connectivity index (χ2v) is 6.01. The Hall–Kier alpha value is -1.23. The van der Waals surface area contributed by atoms with E-state index in [-0.39, 0.29) is 0 Å². The van der Waals surface area contributed by atoms with Crippen LogP contribution in [0.5, 0.6) is 0 Å². The van der Waals surface area contributed by atoms with Gasteiger partial charge in [0.15, 0.2) is 0 Å². The summed E-state index contributed by atoms with van der Waals surface area (Å²) < 4.78 is 1.13. The normalized spacial score (nSPS) is 19.9. The summed E-state index contributed by atoms with van der Waals surface area (Å²) in [6.07, 6.45) is 3.75. The molecule has 1 aliphatic heterocycles. The van der Waals surface area contributed by atoms with Gasteiger partial charge >= 0.3 is 0 Å². The third-order valence-electron chi connectivity index (χ3n) is 3.74. The molecule has 0 saturated carbocycles. The molecule has 1 aromatic heterocycles. The number of nitrogens with one attached hydrogen (secondary N) is 1. The van der Waals surface area contributed by atoms with Crippen molar-refractivity contribution in [2.45, 2.75) is 12.6 Å². The van der Waals surface area contributed by atoms with Gasteiger partial charge in [-0.1, -0.05) is 28.1 Å². The van der Waals surface area contributed by atoms with E-state index in [0.29, 0.717) is 6.04 Å². The molecule has 1 fully saturated rings. The highest BCUT2D eigenvalue weighted by atomic mass is 79.9. The van der Waals surface area contributed by atoms with Crippen molar-refractivity contribution in [1.29, 1.82) is 0 Å². The van der Waals surface area contributed by atoms with Crippen LogP contribution in [0.1, 0.15) is 17.2 Å². The third kappa shape index (κ3) is 3.26. The molecule has 1 aromatic carbocycles. The summed E-state index contributed by atoms with van der Waals surface area (Å²) in [5.41, 5.74) is 2.69. The van der Waals surface area contributed by atoms with E-state index in [1.165, 1.54) is 11.1 Å². The van der Waals surface area contributed by atoms with Crippen molar-refractivity contribution in [2.24, 2.45) is 0 Å². The van der Waals surface area contributed by atoms with Gasteiger partial charge in [-0.2, -0.15) is 0 Å². The predicted molar refractivity (Wildman–Crippen MR) is 84.4 cm³/mol. The van der Waals surface area contributed by atoms with E-state index >= 15 is 0 Å². The molecule has 2 aromatic rings. The highest BCUT2D eigenvalue weighted by molar-refractivity contribution is 9.10. The van der Waals surface area contributed by atoms with Crippen LogP contribution in [0.15, 0.2) is 53.3 Å². The number of rotatable bonds is 3. The van der Waals surface area contributed by atoms with E-state index in [2.05, 4.69) is 67.5 Å². The van der Waals surface area contributed by atoms with Gasteiger partial charge in [-0.25, -0.2) is 0 Å². The van der Waals surface area contributed by atoms with Crippen molar-refractivity contribution < 1.29 is 0 Å². The molecule has 4 heteroatoms. The monoisotopic (exact) mass is 331 g/mol. The number of hydrogen-bond donors (Lipinski definition) is 1. The number of aromatic nitrogens is 1. The Kier molecular flexibility index (Phi) is 4.45. The fraction of sp³-hybridized carbons (Fsp3) is 0.312. The van der Waals surface area contributed by atoms with Crippen molar-refractivity contribution in [3.63, 3.8) is 0 Å². The van der Waals surface area contributed by atoms with Gasteiger partial charge in [0.2, 0.25) is 0 Å². The minimum Gasteiger partial charge on any atom is -0.314 e. The zero-order chi connectivity index (χ0) is 13.8. The summed E-state index contributed by atoms with van der Waals surface area (Å²) in [5, 5.41) is 3.49. The van der Waals surface area contributed by atoms with Crippen LogP contribution < -0.4 is 5.32 Å². The molecule has 3 nitrogen and oxygen atoms in total. The average molecular weight is 332 g/mol. The molecule has 0 amide bonds.